The highest BCUT2D eigenvalue weighted by atomic mass is 16.5. The molecule has 29 heavy (non-hydrogen) atoms. The van der Waals surface area contributed by atoms with E-state index in [9.17, 15) is 0 Å². The Morgan fingerprint density at radius 1 is 1.17 bits per heavy atom. The Labute approximate surface area is 169 Å². The summed E-state index contributed by atoms with van der Waals surface area (Å²) < 4.78 is 5.13. The maximum atomic E-state index is 5.13. The molecule has 2 aromatic heterocycles. The predicted molar refractivity (Wildman–Crippen MR) is 112 cm³/mol. The molecule has 2 aromatic rings. The van der Waals surface area contributed by atoms with Crippen molar-refractivity contribution in [3.63, 3.8) is 0 Å². The lowest BCUT2D eigenvalue weighted by Gasteiger charge is -2.30. The molecule has 0 amide bonds. The SMILES string of the molecule is C=C/C(=C\C=C1\C=CC(OC)=NC1)N1CCc2nc(-c3ncccn3)ncc2C1. The third-order valence-corrected chi connectivity index (χ3v) is 4.81. The van der Waals surface area contributed by atoms with Crippen LogP contribution in [0.15, 0.2) is 77.9 Å². The van der Waals surface area contributed by atoms with Crippen molar-refractivity contribution in [1.82, 2.24) is 24.8 Å². The monoisotopic (exact) mass is 386 g/mol. The topological polar surface area (TPSA) is 76.4 Å². The van der Waals surface area contributed by atoms with Crippen LogP contribution in [0, 0.1) is 0 Å². The molecule has 4 heterocycles. The van der Waals surface area contributed by atoms with Crippen molar-refractivity contribution in [2.75, 3.05) is 20.2 Å². The fourth-order valence-corrected chi connectivity index (χ4v) is 3.25. The lowest BCUT2D eigenvalue weighted by molar-refractivity contribution is 0.328. The number of hydrogen-bond donors (Lipinski definition) is 0. The number of aliphatic imine (C=N–C) groups is 1. The summed E-state index contributed by atoms with van der Waals surface area (Å²) in [4.78, 5) is 24.2. The standard InChI is InChI=1S/C22H22N6O/c1-3-18(7-5-16-6-8-20(29-2)25-13-16)28-12-9-19-17(15-28)14-26-22(27-19)21-23-10-4-11-24-21/h3-8,10-11,14H,1,9,12-13,15H2,2H3/b16-5-,18-7+. The van der Waals surface area contributed by atoms with Crippen molar-refractivity contribution in [2.45, 2.75) is 13.0 Å². The van der Waals surface area contributed by atoms with Gasteiger partial charge >= 0.3 is 0 Å². The number of rotatable bonds is 4. The van der Waals surface area contributed by atoms with Gasteiger partial charge in [-0.05, 0) is 23.8 Å². The quantitative estimate of drug-likeness (QED) is 0.752. The average Bonchev–Trinajstić information content (AvgIpc) is 2.80. The normalized spacial score (nSPS) is 17.7. The highest BCUT2D eigenvalue weighted by Gasteiger charge is 2.20. The minimum Gasteiger partial charge on any atom is -0.481 e. The van der Waals surface area contributed by atoms with E-state index in [1.165, 1.54) is 0 Å². The van der Waals surface area contributed by atoms with Crippen molar-refractivity contribution < 1.29 is 4.74 Å². The first-order valence-corrected chi connectivity index (χ1v) is 9.44. The van der Waals surface area contributed by atoms with E-state index in [0.29, 0.717) is 24.1 Å². The van der Waals surface area contributed by atoms with Gasteiger partial charge in [0.15, 0.2) is 11.6 Å². The third-order valence-electron chi connectivity index (χ3n) is 4.81. The fourth-order valence-electron chi connectivity index (χ4n) is 3.25. The van der Waals surface area contributed by atoms with Crippen LogP contribution in [0.1, 0.15) is 11.3 Å². The second-order valence-corrected chi connectivity index (χ2v) is 6.64. The van der Waals surface area contributed by atoms with Crippen LogP contribution in [-0.2, 0) is 17.7 Å². The zero-order valence-electron chi connectivity index (χ0n) is 16.3. The largest absolute Gasteiger partial charge is 0.481 e. The second kappa shape index (κ2) is 8.60. The van der Waals surface area contributed by atoms with Gasteiger partial charge < -0.3 is 9.64 Å². The zero-order chi connectivity index (χ0) is 20.1. The summed E-state index contributed by atoms with van der Waals surface area (Å²) in [5.41, 5.74) is 4.35. The van der Waals surface area contributed by atoms with Crippen LogP contribution < -0.4 is 0 Å². The van der Waals surface area contributed by atoms with E-state index in [-0.39, 0.29) is 0 Å². The van der Waals surface area contributed by atoms with Crippen LogP contribution in [0.4, 0.5) is 0 Å². The van der Waals surface area contributed by atoms with E-state index in [1.807, 2.05) is 24.4 Å². The molecule has 0 saturated heterocycles. The van der Waals surface area contributed by atoms with Gasteiger partial charge in [0.2, 0.25) is 5.90 Å². The molecule has 0 saturated carbocycles. The first-order valence-electron chi connectivity index (χ1n) is 9.44. The molecule has 4 rings (SSSR count). The highest BCUT2D eigenvalue weighted by Crippen LogP contribution is 2.22. The Bertz CT molecular complexity index is 1020. The average molecular weight is 386 g/mol. The van der Waals surface area contributed by atoms with Gasteiger partial charge in [-0.1, -0.05) is 18.7 Å². The maximum Gasteiger partial charge on any atom is 0.208 e. The molecule has 0 bridgehead atoms. The molecule has 0 fully saturated rings. The number of nitrogens with zero attached hydrogens (tertiary/aromatic N) is 6. The van der Waals surface area contributed by atoms with Gasteiger partial charge in [0.25, 0.3) is 0 Å². The molecule has 0 radical (unpaired) electrons. The minimum absolute atomic E-state index is 0.552. The van der Waals surface area contributed by atoms with Gasteiger partial charge in [-0.2, -0.15) is 0 Å². The first-order chi connectivity index (χ1) is 14.3. The van der Waals surface area contributed by atoms with E-state index >= 15 is 0 Å². The number of allylic oxidation sites excluding steroid dienone is 3. The number of ether oxygens (including phenoxy) is 1. The Morgan fingerprint density at radius 3 is 2.76 bits per heavy atom. The lowest BCUT2D eigenvalue weighted by Crippen LogP contribution is -2.30. The molecule has 2 aliphatic heterocycles. The molecule has 0 atom stereocenters. The van der Waals surface area contributed by atoms with Crippen molar-refractivity contribution in [1.29, 1.82) is 0 Å². The van der Waals surface area contributed by atoms with Gasteiger partial charge in [-0.25, -0.2) is 24.9 Å². The number of aromatic nitrogens is 4. The van der Waals surface area contributed by atoms with Gasteiger partial charge in [0.05, 0.1) is 19.3 Å². The molecule has 0 N–H and O–H groups in total. The summed E-state index contributed by atoms with van der Waals surface area (Å²) in [6.45, 7) is 6.20. The van der Waals surface area contributed by atoms with Gasteiger partial charge in [0, 0.05) is 55.4 Å². The molecular weight excluding hydrogens is 364 g/mol. The fraction of sp³-hybridized carbons (Fsp3) is 0.227. The van der Waals surface area contributed by atoms with Gasteiger partial charge in [0.1, 0.15) is 0 Å². The molecule has 0 unspecified atom stereocenters. The summed E-state index contributed by atoms with van der Waals surface area (Å²) in [7, 11) is 1.63. The molecule has 7 nitrogen and oxygen atoms in total. The van der Waals surface area contributed by atoms with Crippen LogP contribution >= 0.6 is 0 Å². The van der Waals surface area contributed by atoms with Crippen LogP contribution in [0.5, 0.6) is 0 Å². The molecule has 0 aliphatic carbocycles. The van der Waals surface area contributed by atoms with E-state index in [0.717, 1.165) is 42.0 Å². The van der Waals surface area contributed by atoms with E-state index < -0.39 is 0 Å². The van der Waals surface area contributed by atoms with Crippen LogP contribution in [-0.4, -0.2) is 50.9 Å². The second-order valence-electron chi connectivity index (χ2n) is 6.64. The molecule has 7 heteroatoms. The lowest BCUT2D eigenvalue weighted by atomic mass is 10.1. The Hall–Kier alpha value is -3.61. The molecule has 0 aromatic carbocycles. The molecule has 146 valence electrons. The Balaban J connectivity index is 1.49. The molecule has 0 spiro atoms. The van der Waals surface area contributed by atoms with Crippen molar-refractivity contribution in [3.05, 3.63) is 84.1 Å². The first kappa shape index (κ1) is 18.7. The van der Waals surface area contributed by atoms with Crippen molar-refractivity contribution >= 4 is 5.90 Å². The van der Waals surface area contributed by atoms with Crippen LogP contribution in [0.25, 0.3) is 11.6 Å². The van der Waals surface area contributed by atoms with Gasteiger partial charge in [-0.15, -0.1) is 0 Å². The number of dihydropyridines is 1. The summed E-state index contributed by atoms with van der Waals surface area (Å²) in [6, 6.07) is 1.78. The van der Waals surface area contributed by atoms with Crippen molar-refractivity contribution in [2.24, 2.45) is 4.99 Å². The van der Waals surface area contributed by atoms with Crippen LogP contribution in [0.3, 0.4) is 0 Å². The van der Waals surface area contributed by atoms with Crippen molar-refractivity contribution in [3.8, 4) is 11.6 Å². The Kier molecular flexibility index (Phi) is 5.56. The van der Waals surface area contributed by atoms with E-state index in [4.69, 9.17) is 4.74 Å². The molecule has 2 aliphatic rings. The number of methoxy groups -OCH3 is 1. The van der Waals surface area contributed by atoms with E-state index in [1.54, 1.807) is 25.6 Å². The van der Waals surface area contributed by atoms with E-state index in [2.05, 4.69) is 48.6 Å². The number of fused-ring (bicyclic) bond motifs is 1. The minimum atomic E-state index is 0.552. The molecular formula is C22H22N6O. The maximum absolute atomic E-state index is 5.13. The summed E-state index contributed by atoms with van der Waals surface area (Å²) in [5.74, 6) is 1.78. The zero-order valence-corrected chi connectivity index (χ0v) is 16.3. The Morgan fingerprint density at radius 2 is 2.03 bits per heavy atom. The summed E-state index contributed by atoms with van der Waals surface area (Å²) in [5, 5.41) is 0. The van der Waals surface area contributed by atoms with Gasteiger partial charge in [-0.3, -0.25) is 0 Å². The summed E-state index contributed by atoms with van der Waals surface area (Å²) in [6.07, 6.45) is 16.0. The number of hydrogen-bond acceptors (Lipinski definition) is 7. The third kappa shape index (κ3) is 4.29. The van der Waals surface area contributed by atoms with Crippen LogP contribution in [0.2, 0.25) is 0 Å². The summed E-state index contributed by atoms with van der Waals surface area (Å²) >= 11 is 0. The predicted octanol–water partition coefficient (Wildman–Crippen LogP) is 2.90. The smallest absolute Gasteiger partial charge is 0.208 e. The highest BCUT2D eigenvalue weighted by molar-refractivity contribution is 5.89.